The first-order chi connectivity index (χ1) is 6.66. The molecule has 2 N–H and O–H groups in total. The Morgan fingerprint density at radius 3 is 2.71 bits per heavy atom. The van der Waals surface area contributed by atoms with Gasteiger partial charge in [-0.3, -0.25) is 4.79 Å². The maximum absolute atomic E-state index is 10.3. The maximum atomic E-state index is 10.3. The van der Waals surface area contributed by atoms with Gasteiger partial charge in [0, 0.05) is 24.0 Å². The molecule has 0 aromatic heterocycles. The lowest BCUT2D eigenvalue weighted by atomic mass is 10.2. The van der Waals surface area contributed by atoms with Crippen LogP contribution in [-0.4, -0.2) is 33.8 Å². The summed E-state index contributed by atoms with van der Waals surface area (Å²) >= 11 is 0. The smallest absolute Gasteiger partial charge is 0.303 e. The van der Waals surface area contributed by atoms with E-state index in [1.165, 1.54) is 0 Å². The summed E-state index contributed by atoms with van der Waals surface area (Å²) in [5, 5.41) is 17.4. The molecule has 0 rings (SSSR count). The van der Waals surface area contributed by atoms with Gasteiger partial charge in [0.2, 0.25) is 0 Å². The van der Waals surface area contributed by atoms with Crippen LogP contribution in [-0.2, 0) is 4.79 Å². The van der Waals surface area contributed by atoms with Crippen LogP contribution in [0.5, 0.6) is 0 Å². The molecule has 1 atom stereocenters. The van der Waals surface area contributed by atoms with E-state index in [1.54, 1.807) is 21.6 Å². The van der Waals surface area contributed by atoms with Crippen LogP contribution in [0.1, 0.15) is 32.6 Å². The van der Waals surface area contributed by atoms with Crippen LogP contribution in [0, 0.1) is 0 Å². The molecule has 1 unspecified atom stereocenters. The molecule has 0 fully saturated rings. The van der Waals surface area contributed by atoms with E-state index < -0.39 is 5.97 Å². The van der Waals surface area contributed by atoms with Gasteiger partial charge in [-0.05, 0) is 19.3 Å². The minimum atomic E-state index is -0.720. The minimum absolute atomic E-state index is 0.255. The monoisotopic (exact) mass is 238 g/mol. The zero-order valence-electron chi connectivity index (χ0n) is 8.44. The van der Waals surface area contributed by atoms with Gasteiger partial charge in [0.05, 0.1) is 0 Å². The summed E-state index contributed by atoms with van der Waals surface area (Å²) in [6.07, 6.45) is 2.87. The molecule has 0 saturated heterocycles. The number of rotatable bonds is 9. The highest BCUT2D eigenvalue weighted by Crippen LogP contribution is 2.29. The van der Waals surface area contributed by atoms with E-state index in [4.69, 9.17) is 10.2 Å². The molecule has 0 aliphatic carbocycles. The molecule has 0 aliphatic heterocycles. The van der Waals surface area contributed by atoms with Crippen LogP contribution in [0.25, 0.3) is 0 Å². The van der Waals surface area contributed by atoms with Crippen molar-refractivity contribution in [1.29, 1.82) is 0 Å². The Morgan fingerprint density at radius 1 is 1.43 bits per heavy atom. The van der Waals surface area contributed by atoms with E-state index in [0.29, 0.717) is 5.25 Å². The van der Waals surface area contributed by atoms with Crippen LogP contribution in [0.3, 0.4) is 0 Å². The van der Waals surface area contributed by atoms with E-state index in [2.05, 4.69) is 0 Å². The average Bonchev–Trinajstić information content (AvgIpc) is 2.14. The first kappa shape index (κ1) is 14.1. The van der Waals surface area contributed by atoms with E-state index in [9.17, 15) is 4.79 Å². The van der Waals surface area contributed by atoms with Crippen LogP contribution >= 0.6 is 21.6 Å². The molecule has 5 heteroatoms. The fourth-order valence-corrected chi connectivity index (χ4v) is 3.30. The lowest BCUT2D eigenvalue weighted by Gasteiger charge is -2.07. The van der Waals surface area contributed by atoms with E-state index >= 15 is 0 Å². The van der Waals surface area contributed by atoms with Gasteiger partial charge in [0.1, 0.15) is 0 Å². The summed E-state index contributed by atoms with van der Waals surface area (Å²) in [6.45, 7) is 2.31. The fourth-order valence-electron chi connectivity index (χ4n) is 0.812. The molecule has 0 radical (unpaired) electrons. The molecular formula is C9H18O3S2. The Morgan fingerprint density at radius 2 is 2.14 bits per heavy atom. The van der Waals surface area contributed by atoms with E-state index in [0.717, 1.165) is 25.0 Å². The van der Waals surface area contributed by atoms with Crippen molar-refractivity contribution in [2.45, 2.75) is 37.9 Å². The summed E-state index contributed by atoms with van der Waals surface area (Å²) in [7, 11) is 3.51. The van der Waals surface area contributed by atoms with Crippen LogP contribution in [0.15, 0.2) is 0 Å². The Labute approximate surface area is 93.1 Å². The topological polar surface area (TPSA) is 57.5 Å². The summed E-state index contributed by atoms with van der Waals surface area (Å²) in [5.41, 5.74) is 0. The van der Waals surface area contributed by atoms with Crippen LogP contribution in [0.2, 0.25) is 0 Å². The molecule has 0 saturated carbocycles. The quantitative estimate of drug-likeness (QED) is 0.477. The minimum Gasteiger partial charge on any atom is -0.481 e. The largest absolute Gasteiger partial charge is 0.481 e. The average molecular weight is 238 g/mol. The van der Waals surface area contributed by atoms with Crippen molar-refractivity contribution >= 4 is 27.6 Å². The van der Waals surface area contributed by atoms with Gasteiger partial charge in [-0.2, -0.15) is 0 Å². The van der Waals surface area contributed by atoms with E-state index in [-0.39, 0.29) is 13.0 Å². The zero-order valence-corrected chi connectivity index (χ0v) is 10.1. The van der Waals surface area contributed by atoms with Gasteiger partial charge in [-0.1, -0.05) is 28.5 Å². The second kappa shape index (κ2) is 9.68. The zero-order chi connectivity index (χ0) is 10.8. The Kier molecular flexibility index (Phi) is 9.77. The lowest BCUT2D eigenvalue weighted by molar-refractivity contribution is -0.137. The molecular weight excluding hydrogens is 220 g/mol. The van der Waals surface area contributed by atoms with Gasteiger partial charge < -0.3 is 10.2 Å². The second-order valence-electron chi connectivity index (χ2n) is 3.09. The molecule has 0 aliphatic rings. The van der Waals surface area contributed by atoms with E-state index in [1.807, 2.05) is 6.92 Å². The molecule has 0 spiro atoms. The van der Waals surface area contributed by atoms with Crippen molar-refractivity contribution in [3.8, 4) is 0 Å². The van der Waals surface area contributed by atoms with Gasteiger partial charge in [0.15, 0.2) is 0 Å². The Balaban J connectivity index is 3.18. The molecule has 14 heavy (non-hydrogen) atoms. The maximum Gasteiger partial charge on any atom is 0.303 e. The number of unbranched alkanes of at least 4 members (excludes halogenated alkanes) is 1. The van der Waals surface area contributed by atoms with Crippen LogP contribution < -0.4 is 0 Å². The Bertz CT molecular complexity index is 153. The second-order valence-corrected chi connectivity index (χ2v) is 6.02. The van der Waals surface area contributed by atoms with Gasteiger partial charge in [0.25, 0.3) is 0 Å². The van der Waals surface area contributed by atoms with Crippen molar-refractivity contribution in [2.75, 3.05) is 12.4 Å². The molecule has 0 aromatic carbocycles. The number of hydrogen-bond acceptors (Lipinski definition) is 4. The third-order valence-corrected chi connectivity index (χ3v) is 4.68. The molecule has 0 aromatic rings. The number of aliphatic carboxylic acids is 1. The lowest BCUT2D eigenvalue weighted by Crippen LogP contribution is -2.01. The molecule has 0 heterocycles. The number of aliphatic hydroxyl groups excluding tert-OH is 1. The van der Waals surface area contributed by atoms with Crippen molar-refractivity contribution < 1.29 is 15.0 Å². The summed E-state index contributed by atoms with van der Waals surface area (Å²) < 4.78 is 0. The van der Waals surface area contributed by atoms with Gasteiger partial charge in [-0.15, -0.1) is 0 Å². The normalized spacial score (nSPS) is 12.7. The van der Waals surface area contributed by atoms with Crippen molar-refractivity contribution in [2.24, 2.45) is 0 Å². The predicted octanol–water partition coefficient (Wildman–Crippen LogP) is 2.39. The number of hydrogen-bond donors (Lipinski definition) is 2. The predicted molar refractivity (Wildman–Crippen MR) is 62.7 cm³/mol. The van der Waals surface area contributed by atoms with Crippen molar-refractivity contribution in [1.82, 2.24) is 0 Å². The van der Waals surface area contributed by atoms with Gasteiger partial charge in [-0.25, -0.2) is 0 Å². The van der Waals surface area contributed by atoms with Crippen molar-refractivity contribution in [3.05, 3.63) is 0 Å². The highest BCUT2D eigenvalue weighted by molar-refractivity contribution is 8.76. The van der Waals surface area contributed by atoms with Crippen molar-refractivity contribution in [3.63, 3.8) is 0 Å². The molecule has 84 valence electrons. The van der Waals surface area contributed by atoms with Crippen LogP contribution in [0.4, 0.5) is 0 Å². The number of aliphatic hydroxyl groups is 1. The highest BCUT2D eigenvalue weighted by atomic mass is 33.1. The number of carboxylic acid groups (broad SMARTS) is 1. The third kappa shape index (κ3) is 10.2. The fraction of sp³-hybridized carbons (Fsp3) is 0.889. The Hall–Kier alpha value is 0.130. The summed E-state index contributed by atoms with van der Waals surface area (Å²) in [6, 6.07) is 0. The first-order valence-electron chi connectivity index (χ1n) is 4.77. The molecule has 0 bridgehead atoms. The first-order valence-corrected chi connectivity index (χ1v) is 7.16. The molecule has 3 nitrogen and oxygen atoms in total. The number of carbonyl (C=O) groups is 1. The van der Waals surface area contributed by atoms with Gasteiger partial charge >= 0.3 is 5.97 Å². The standard InChI is InChI=1S/C9H18O3S2/c1-8(4-5-9(11)12)14-13-7-3-2-6-10/h8,10H,2-7H2,1H3,(H,11,12). The summed E-state index contributed by atoms with van der Waals surface area (Å²) in [4.78, 5) is 10.3. The molecule has 0 amide bonds. The third-order valence-electron chi connectivity index (χ3n) is 1.63. The SMILES string of the molecule is CC(CCC(=O)O)SSCCCCO. The summed E-state index contributed by atoms with van der Waals surface area (Å²) in [5.74, 6) is 0.311. The highest BCUT2D eigenvalue weighted by Gasteiger charge is 2.05. The number of carboxylic acids is 1.